The zero-order valence-corrected chi connectivity index (χ0v) is 5.87. The van der Waals surface area contributed by atoms with Crippen LogP contribution in [0, 0.1) is 0 Å². The Balaban J connectivity index is 2.44. The summed E-state index contributed by atoms with van der Waals surface area (Å²) in [5.41, 5.74) is 0. The van der Waals surface area contributed by atoms with Crippen molar-refractivity contribution in [3.05, 3.63) is 0 Å². The van der Waals surface area contributed by atoms with E-state index in [1.54, 1.807) is 0 Å². The number of aliphatic hydroxyl groups is 2. The first-order chi connectivity index (χ1) is 3.72. The van der Waals surface area contributed by atoms with E-state index in [4.69, 9.17) is 10.2 Å². The second-order valence-electron chi connectivity index (χ2n) is 1.88. The number of hydrogen-bond donors (Lipinski definition) is 2. The Morgan fingerprint density at radius 1 is 1.25 bits per heavy atom. The van der Waals surface area contributed by atoms with E-state index in [1.165, 1.54) is 3.93 Å². The summed E-state index contributed by atoms with van der Waals surface area (Å²) in [5, 5.41) is 17.8. The highest BCUT2D eigenvalue weighted by atomic mass is 79.9. The van der Waals surface area contributed by atoms with Gasteiger partial charge in [0.2, 0.25) is 0 Å². The maximum Gasteiger partial charge on any atom is 0.119 e. The van der Waals surface area contributed by atoms with E-state index in [-0.39, 0.29) is 0 Å². The molecule has 2 atom stereocenters. The fourth-order valence-corrected chi connectivity index (χ4v) is 1.15. The van der Waals surface area contributed by atoms with E-state index in [0.717, 1.165) is 0 Å². The molecule has 0 amide bonds. The molecule has 1 rings (SSSR count). The second kappa shape index (κ2) is 2.31. The first-order valence-electron chi connectivity index (χ1n) is 2.52. The Kier molecular flexibility index (Phi) is 1.87. The molecular weight excluding hydrogens is 174 g/mol. The molecule has 2 N–H and O–H groups in total. The highest BCUT2D eigenvalue weighted by molar-refractivity contribution is 9.07. The van der Waals surface area contributed by atoms with Gasteiger partial charge in [-0.05, 0) is 12.8 Å². The van der Waals surface area contributed by atoms with Gasteiger partial charge < -0.3 is 10.2 Å². The highest BCUT2D eigenvalue weighted by Gasteiger charge is 2.27. The van der Waals surface area contributed by atoms with Crippen LogP contribution in [0.4, 0.5) is 0 Å². The predicted molar refractivity (Wildman–Crippen MR) is 32.0 cm³/mol. The summed E-state index contributed by atoms with van der Waals surface area (Å²) < 4.78 is 1.37. The lowest BCUT2D eigenvalue weighted by molar-refractivity contribution is 0.0237. The van der Waals surface area contributed by atoms with Crippen molar-refractivity contribution < 1.29 is 10.2 Å². The zero-order valence-electron chi connectivity index (χ0n) is 4.29. The molecule has 0 aromatic rings. The van der Waals surface area contributed by atoms with Crippen LogP contribution >= 0.6 is 16.1 Å². The van der Waals surface area contributed by atoms with Crippen LogP contribution in [0.25, 0.3) is 0 Å². The van der Waals surface area contributed by atoms with Crippen molar-refractivity contribution >= 4 is 16.1 Å². The Morgan fingerprint density at radius 2 is 1.62 bits per heavy atom. The van der Waals surface area contributed by atoms with Crippen LogP contribution in [0.1, 0.15) is 12.8 Å². The summed E-state index contributed by atoms with van der Waals surface area (Å²) in [5.74, 6) is 0. The number of halogens is 1. The van der Waals surface area contributed by atoms with Gasteiger partial charge in [0.15, 0.2) is 0 Å². The number of rotatable bonds is 0. The third-order valence-corrected chi connectivity index (χ3v) is 2.20. The molecule has 1 aliphatic rings. The maximum atomic E-state index is 8.89. The predicted octanol–water partition coefficient (Wildman–Crippen LogP) is 0.0289. The lowest BCUT2D eigenvalue weighted by atomic mass is 10.3. The molecule has 2 unspecified atom stereocenters. The van der Waals surface area contributed by atoms with E-state index in [9.17, 15) is 0 Å². The molecule has 0 radical (unpaired) electrons. The molecule has 48 valence electrons. The number of aliphatic hydroxyl groups excluding tert-OH is 2. The molecule has 0 aliphatic carbocycles. The van der Waals surface area contributed by atoms with Gasteiger partial charge >= 0.3 is 0 Å². The van der Waals surface area contributed by atoms with Gasteiger partial charge in [0, 0.05) is 16.1 Å². The summed E-state index contributed by atoms with van der Waals surface area (Å²) in [6, 6.07) is 0. The van der Waals surface area contributed by atoms with Crippen molar-refractivity contribution in [3.8, 4) is 0 Å². The van der Waals surface area contributed by atoms with Crippen LogP contribution in [0.3, 0.4) is 0 Å². The average Bonchev–Trinajstić information content (AvgIpc) is 1.98. The van der Waals surface area contributed by atoms with Gasteiger partial charge in [0.1, 0.15) is 12.5 Å². The van der Waals surface area contributed by atoms with Crippen molar-refractivity contribution in [3.63, 3.8) is 0 Å². The number of nitrogens with zero attached hydrogens (tertiary/aromatic N) is 1. The van der Waals surface area contributed by atoms with Crippen LogP contribution in [0.2, 0.25) is 0 Å². The molecule has 0 saturated carbocycles. The molecule has 1 heterocycles. The van der Waals surface area contributed by atoms with Crippen molar-refractivity contribution in [1.29, 1.82) is 0 Å². The lowest BCUT2D eigenvalue weighted by Crippen LogP contribution is -2.25. The maximum absolute atomic E-state index is 8.89. The molecular formula is C4H8BrNO2. The van der Waals surface area contributed by atoms with E-state index >= 15 is 0 Å². The summed E-state index contributed by atoms with van der Waals surface area (Å²) in [6.07, 6.45) is 0.272. The molecule has 4 heteroatoms. The van der Waals surface area contributed by atoms with Gasteiger partial charge in [-0.15, -0.1) is 0 Å². The zero-order chi connectivity index (χ0) is 6.15. The lowest BCUT2D eigenvalue weighted by Gasteiger charge is -2.13. The van der Waals surface area contributed by atoms with E-state index in [0.29, 0.717) is 12.8 Å². The average molecular weight is 182 g/mol. The number of hydrogen-bond acceptors (Lipinski definition) is 3. The Hall–Kier alpha value is 0.360. The van der Waals surface area contributed by atoms with Gasteiger partial charge in [-0.1, -0.05) is 0 Å². The molecule has 1 aliphatic heterocycles. The molecule has 0 spiro atoms. The van der Waals surface area contributed by atoms with Crippen LogP contribution in [0.5, 0.6) is 0 Å². The van der Waals surface area contributed by atoms with Gasteiger partial charge in [-0.25, -0.2) is 0 Å². The van der Waals surface area contributed by atoms with Gasteiger partial charge in [0.25, 0.3) is 0 Å². The highest BCUT2D eigenvalue weighted by Crippen LogP contribution is 2.23. The van der Waals surface area contributed by atoms with Crippen LogP contribution in [0.15, 0.2) is 0 Å². The van der Waals surface area contributed by atoms with Gasteiger partial charge in [-0.3, -0.25) is 0 Å². The quantitative estimate of drug-likeness (QED) is 0.519. The molecule has 1 fully saturated rings. The summed E-state index contributed by atoms with van der Waals surface area (Å²) in [4.78, 5) is 0. The minimum absolute atomic E-state index is 0.509. The Labute approximate surface area is 56.3 Å². The van der Waals surface area contributed by atoms with Crippen molar-refractivity contribution in [2.24, 2.45) is 0 Å². The Bertz CT molecular complexity index is 80.1. The minimum Gasteiger partial charge on any atom is -0.377 e. The van der Waals surface area contributed by atoms with E-state index in [1.807, 2.05) is 0 Å². The molecule has 1 saturated heterocycles. The third kappa shape index (κ3) is 1.02. The van der Waals surface area contributed by atoms with Gasteiger partial charge in [-0.2, -0.15) is 3.93 Å². The first kappa shape index (κ1) is 6.48. The van der Waals surface area contributed by atoms with Crippen LogP contribution < -0.4 is 0 Å². The Morgan fingerprint density at radius 3 is 1.75 bits per heavy atom. The van der Waals surface area contributed by atoms with E-state index < -0.39 is 12.5 Å². The molecule has 3 nitrogen and oxygen atoms in total. The van der Waals surface area contributed by atoms with Crippen molar-refractivity contribution in [1.82, 2.24) is 3.93 Å². The minimum atomic E-state index is -0.509. The fraction of sp³-hybridized carbons (Fsp3) is 1.00. The summed E-state index contributed by atoms with van der Waals surface area (Å²) in [6.45, 7) is 0. The third-order valence-electron chi connectivity index (χ3n) is 1.25. The molecule has 8 heavy (non-hydrogen) atoms. The molecule has 0 aromatic carbocycles. The first-order valence-corrected chi connectivity index (χ1v) is 3.23. The standard InChI is InChI=1S/C4H8BrNO2/c5-6-3(7)1-2-4(6)8/h3-4,7-8H,1-2H2. The van der Waals surface area contributed by atoms with Crippen LogP contribution in [-0.2, 0) is 0 Å². The monoisotopic (exact) mass is 181 g/mol. The summed E-state index contributed by atoms with van der Waals surface area (Å²) >= 11 is 3.00. The second-order valence-corrected chi connectivity index (χ2v) is 2.70. The topological polar surface area (TPSA) is 43.7 Å². The van der Waals surface area contributed by atoms with Crippen LogP contribution in [-0.4, -0.2) is 26.6 Å². The van der Waals surface area contributed by atoms with Crippen molar-refractivity contribution in [2.75, 3.05) is 0 Å². The van der Waals surface area contributed by atoms with Crippen molar-refractivity contribution in [2.45, 2.75) is 25.3 Å². The molecule has 0 bridgehead atoms. The van der Waals surface area contributed by atoms with Gasteiger partial charge in [0.05, 0.1) is 0 Å². The SMILES string of the molecule is OC1CCC(O)N1Br. The van der Waals surface area contributed by atoms with E-state index in [2.05, 4.69) is 16.1 Å². The normalized spacial score (nSPS) is 40.9. The summed E-state index contributed by atoms with van der Waals surface area (Å²) in [7, 11) is 0. The fourth-order valence-electron chi connectivity index (χ4n) is 0.743. The molecule has 0 aromatic heterocycles. The largest absolute Gasteiger partial charge is 0.377 e. The smallest absolute Gasteiger partial charge is 0.119 e.